The Balaban J connectivity index is 1.61. The highest BCUT2D eigenvalue weighted by atomic mass is 16.5. The molecule has 3 aromatic heterocycles. The van der Waals surface area contributed by atoms with E-state index in [1.54, 1.807) is 24.1 Å². The largest absolute Gasteiger partial charge is 0.496 e. The topological polar surface area (TPSA) is 117 Å². The molecule has 3 N–H and O–H groups in total. The van der Waals surface area contributed by atoms with Gasteiger partial charge < -0.3 is 15.2 Å². The van der Waals surface area contributed by atoms with Gasteiger partial charge in [-0.05, 0) is 18.2 Å². The molecule has 1 aromatic carbocycles. The van der Waals surface area contributed by atoms with E-state index in [1.807, 2.05) is 30.5 Å². The van der Waals surface area contributed by atoms with Crippen molar-refractivity contribution >= 4 is 17.0 Å². The summed E-state index contributed by atoms with van der Waals surface area (Å²) in [5.74, 6) is 1.53. The highest BCUT2D eigenvalue weighted by Gasteiger charge is 2.12. The minimum atomic E-state index is 0.286. The standard InChI is InChI=1S/C16H15N7O2/c1-24-12-7-11(23-6-2-5-18-23)4-3-10(12)9-25-13-8-14(17)19-16-15(13)20-22-21-16/h2-8H,9H2,1H3,(H3,17,19,20,21,22). The van der Waals surface area contributed by atoms with Crippen molar-refractivity contribution in [2.75, 3.05) is 12.8 Å². The molecule has 0 spiro atoms. The number of nitrogens with one attached hydrogen (secondary N) is 1. The predicted octanol–water partition coefficient (Wildman–Crippen LogP) is 1.71. The monoisotopic (exact) mass is 337 g/mol. The average molecular weight is 337 g/mol. The van der Waals surface area contributed by atoms with Crippen molar-refractivity contribution in [2.24, 2.45) is 0 Å². The van der Waals surface area contributed by atoms with Crippen LogP contribution in [0.4, 0.5) is 5.82 Å². The van der Waals surface area contributed by atoms with E-state index in [1.165, 1.54) is 0 Å². The number of nitrogens with two attached hydrogens (primary N) is 1. The molecule has 0 fully saturated rings. The third-order valence-electron chi connectivity index (χ3n) is 3.70. The van der Waals surface area contributed by atoms with Gasteiger partial charge in [-0.25, -0.2) is 9.67 Å². The Kier molecular flexibility index (Phi) is 3.65. The molecule has 3 heterocycles. The van der Waals surface area contributed by atoms with Gasteiger partial charge in [-0.2, -0.15) is 15.4 Å². The van der Waals surface area contributed by atoms with Crippen LogP contribution in [-0.2, 0) is 6.61 Å². The molecule has 0 saturated carbocycles. The van der Waals surface area contributed by atoms with Crippen LogP contribution in [-0.4, -0.2) is 37.3 Å². The van der Waals surface area contributed by atoms with Gasteiger partial charge in [-0.15, -0.1) is 5.10 Å². The van der Waals surface area contributed by atoms with E-state index >= 15 is 0 Å². The number of rotatable bonds is 5. The summed E-state index contributed by atoms with van der Waals surface area (Å²) >= 11 is 0. The first kappa shape index (κ1) is 14.9. The van der Waals surface area contributed by atoms with Crippen molar-refractivity contribution in [1.29, 1.82) is 0 Å². The summed E-state index contributed by atoms with van der Waals surface area (Å²) in [6, 6.07) is 9.26. The van der Waals surface area contributed by atoms with Crippen LogP contribution in [0.5, 0.6) is 11.5 Å². The minimum absolute atomic E-state index is 0.286. The van der Waals surface area contributed by atoms with E-state index < -0.39 is 0 Å². The molecule has 0 aliphatic heterocycles. The van der Waals surface area contributed by atoms with Crippen LogP contribution in [0.3, 0.4) is 0 Å². The number of nitrogens with zero attached hydrogens (tertiary/aromatic N) is 5. The molecule has 0 unspecified atom stereocenters. The molecule has 25 heavy (non-hydrogen) atoms. The molecule has 9 nitrogen and oxygen atoms in total. The molecule has 0 saturated heterocycles. The van der Waals surface area contributed by atoms with Crippen LogP contribution >= 0.6 is 0 Å². The first-order valence-corrected chi connectivity index (χ1v) is 7.51. The van der Waals surface area contributed by atoms with Gasteiger partial charge in [0, 0.05) is 30.1 Å². The zero-order chi connectivity index (χ0) is 17.2. The van der Waals surface area contributed by atoms with Crippen molar-refractivity contribution in [3.63, 3.8) is 0 Å². The van der Waals surface area contributed by atoms with Gasteiger partial charge in [-0.3, -0.25) is 0 Å². The van der Waals surface area contributed by atoms with E-state index in [0.717, 1.165) is 11.3 Å². The number of anilines is 1. The number of hydrogen-bond donors (Lipinski definition) is 2. The maximum absolute atomic E-state index is 5.87. The molecular weight excluding hydrogens is 322 g/mol. The molecule has 0 aliphatic rings. The Labute approximate surface area is 142 Å². The van der Waals surface area contributed by atoms with Crippen LogP contribution in [0, 0.1) is 0 Å². The fourth-order valence-corrected chi connectivity index (χ4v) is 2.51. The lowest BCUT2D eigenvalue weighted by atomic mass is 10.2. The van der Waals surface area contributed by atoms with Gasteiger partial charge in [0.2, 0.25) is 5.65 Å². The van der Waals surface area contributed by atoms with Crippen LogP contribution < -0.4 is 15.2 Å². The fourth-order valence-electron chi connectivity index (χ4n) is 2.51. The Bertz CT molecular complexity index is 1010. The number of methoxy groups -OCH3 is 1. The second-order valence-corrected chi connectivity index (χ2v) is 5.28. The molecular formula is C16H15N7O2. The summed E-state index contributed by atoms with van der Waals surface area (Å²) in [5.41, 5.74) is 8.50. The van der Waals surface area contributed by atoms with Gasteiger partial charge in [0.25, 0.3) is 0 Å². The normalized spacial score (nSPS) is 10.9. The third kappa shape index (κ3) is 2.82. The molecule has 126 valence electrons. The maximum Gasteiger partial charge on any atom is 0.207 e. The number of aromatic nitrogens is 6. The number of ether oxygens (including phenoxy) is 2. The molecule has 0 amide bonds. The van der Waals surface area contributed by atoms with Crippen molar-refractivity contribution in [3.8, 4) is 17.2 Å². The molecule has 4 rings (SSSR count). The third-order valence-corrected chi connectivity index (χ3v) is 3.70. The summed E-state index contributed by atoms with van der Waals surface area (Å²) in [6.07, 6.45) is 3.59. The lowest BCUT2D eigenvalue weighted by Crippen LogP contribution is -2.02. The summed E-state index contributed by atoms with van der Waals surface area (Å²) in [4.78, 5) is 4.08. The fraction of sp³-hybridized carbons (Fsp3) is 0.125. The quantitative estimate of drug-likeness (QED) is 0.569. The van der Waals surface area contributed by atoms with E-state index in [0.29, 0.717) is 28.5 Å². The van der Waals surface area contributed by atoms with Gasteiger partial charge in [0.05, 0.1) is 12.8 Å². The highest BCUT2D eigenvalue weighted by Crippen LogP contribution is 2.27. The van der Waals surface area contributed by atoms with Crippen molar-refractivity contribution in [3.05, 3.63) is 48.3 Å². The number of benzene rings is 1. The van der Waals surface area contributed by atoms with Crippen LogP contribution in [0.1, 0.15) is 5.56 Å². The number of H-pyrrole nitrogens is 1. The zero-order valence-corrected chi connectivity index (χ0v) is 13.4. The number of pyridine rings is 1. The molecule has 0 radical (unpaired) electrons. The Hall–Kier alpha value is -3.62. The van der Waals surface area contributed by atoms with Gasteiger partial charge in [-0.1, -0.05) is 0 Å². The van der Waals surface area contributed by atoms with Crippen molar-refractivity contribution < 1.29 is 9.47 Å². The number of aromatic amines is 1. The van der Waals surface area contributed by atoms with Crippen LogP contribution in [0.25, 0.3) is 16.9 Å². The predicted molar refractivity (Wildman–Crippen MR) is 90.5 cm³/mol. The maximum atomic E-state index is 5.87. The number of hydrogen-bond acceptors (Lipinski definition) is 7. The SMILES string of the molecule is COc1cc(-n2cccn2)ccc1COc1cc(N)nc2n[nH]nc12. The Morgan fingerprint density at radius 3 is 2.92 bits per heavy atom. The summed E-state index contributed by atoms with van der Waals surface area (Å²) in [5, 5.41) is 14.7. The summed E-state index contributed by atoms with van der Waals surface area (Å²) in [7, 11) is 1.62. The number of fused-ring (bicyclic) bond motifs is 1. The van der Waals surface area contributed by atoms with Crippen molar-refractivity contribution in [2.45, 2.75) is 6.61 Å². The second kappa shape index (κ2) is 6.11. The number of nitrogen functional groups attached to an aromatic ring is 1. The molecule has 0 bridgehead atoms. The van der Waals surface area contributed by atoms with Gasteiger partial charge in [0.15, 0.2) is 11.3 Å². The highest BCUT2D eigenvalue weighted by molar-refractivity contribution is 5.78. The van der Waals surface area contributed by atoms with E-state index in [2.05, 4.69) is 25.5 Å². The first-order chi connectivity index (χ1) is 12.2. The summed E-state index contributed by atoms with van der Waals surface area (Å²) < 4.78 is 13.1. The van der Waals surface area contributed by atoms with E-state index in [9.17, 15) is 0 Å². The smallest absolute Gasteiger partial charge is 0.207 e. The molecule has 4 aromatic rings. The van der Waals surface area contributed by atoms with Gasteiger partial charge in [0.1, 0.15) is 18.2 Å². The lowest BCUT2D eigenvalue weighted by molar-refractivity contribution is 0.299. The van der Waals surface area contributed by atoms with Crippen molar-refractivity contribution in [1.82, 2.24) is 30.2 Å². The lowest BCUT2D eigenvalue weighted by Gasteiger charge is -2.12. The van der Waals surface area contributed by atoms with E-state index in [4.69, 9.17) is 15.2 Å². The average Bonchev–Trinajstić information content (AvgIpc) is 3.31. The van der Waals surface area contributed by atoms with Crippen LogP contribution in [0.2, 0.25) is 0 Å². The Morgan fingerprint density at radius 1 is 1.20 bits per heavy atom. The first-order valence-electron chi connectivity index (χ1n) is 7.51. The minimum Gasteiger partial charge on any atom is -0.496 e. The van der Waals surface area contributed by atoms with E-state index in [-0.39, 0.29) is 6.61 Å². The molecule has 9 heteroatoms. The zero-order valence-electron chi connectivity index (χ0n) is 13.4. The Morgan fingerprint density at radius 2 is 2.12 bits per heavy atom. The second-order valence-electron chi connectivity index (χ2n) is 5.28. The molecule has 0 aliphatic carbocycles. The molecule has 0 atom stereocenters. The van der Waals surface area contributed by atoms with Gasteiger partial charge >= 0.3 is 0 Å². The van der Waals surface area contributed by atoms with Crippen LogP contribution in [0.15, 0.2) is 42.7 Å². The summed E-state index contributed by atoms with van der Waals surface area (Å²) in [6.45, 7) is 0.286.